The first-order valence-corrected chi connectivity index (χ1v) is 7.45. The molecule has 3 nitrogen and oxygen atoms in total. The van der Waals surface area contributed by atoms with Crippen LogP contribution in [0.1, 0.15) is 17.4 Å². The molecule has 2 heterocycles. The number of rotatable bonds is 3. The van der Waals surface area contributed by atoms with Gasteiger partial charge in [0.15, 0.2) is 5.96 Å². The lowest BCUT2D eigenvalue weighted by Crippen LogP contribution is -2.47. The number of nitrogens with two attached hydrogens (primary N) is 1. The van der Waals surface area contributed by atoms with Crippen molar-refractivity contribution in [2.75, 3.05) is 6.54 Å². The van der Waals surface area contributed by atoms with E-state index in [0.29, 0.717) is 12.5 Å². The van der Waals surface area contributed by atoms with Gasteiger partial charge in [-0.1, -0.05) is 12.1 Å². The topological polar surface area (TPSA) is 41.6 Å². The second kappa shape index (κ2) is 5.11. The maximum absolute atomic E-state index is 14.2. The molecule has 6 heteroatoms. The molecule has 1 aliphatic rings. The van der Waals surface area contributed by atoms with Crippen molar-refractivity contribution in [2.24, 2.45) is 10.7 Å². The first-order valence-electron chi connectivity index (χ1n) is 6.57. The van der Waals surface area contributed by atoms with Gasteiger partial charge in [-0.2, -0.15) is 0 Å². The summed E-state index contributed by atoms with van der Waals surface area (Å²) in [4.78, 5) is 7.03. The zero-order chi connectivity index (χ0) is 15.0. The Morgan fingerprint density at radius 1 is 1.29 bits per heavy atom. The maximum atomic E-state index is 14.2. The summed E-state index contributed by atoms with van der Waals surface area (Å²) in [5.41, 5.74) is 5.05. The third-order valence-corrected chi connectivity index (χ3v) is 4.68. The Morgan fingerprint density at radius 2 is 2.00 bits per heavy atom. The molecule has 2 N–H and O–H groups in total. The molecule has 0 saturated heterocycles. The van der Waals surface area contributed by atoms with Crippen LogP contribution in [0, 0.1) is 11.6 Å². The lowest BCUT2D eigenvalue weighted by molar-refractivity contribution is 0.205. The second-order valence-electron chi connectivity index (χ2n) is 5.21. The smallest absolute Gasteiger partial charge is 0.192 e. The fraction of sp³-hybridized carbons (Fsp3) is 0.267. The highest BCUT2D eigenvalue weighted by molar-refractivity contribution is 7.09. The highest BCUT2D eigenvalue weighted by Gasteiger charge is 2.43. The Bertz CT molecular complexity index is 664. The predicted octanol–water partition coefficient (Wildman–Crippen LogP) is 3.07. The standard InChI is InChI=1S/C15H15F2N3S/c1-15(13-11(16)5-2-6-12(13)17)9-19-14(18)20(15)8-10-4-3-7-21-10/h2-7H,8-9H2,1H3,(H2,18,19). The van der Waals surface area contributed by atoms with E-state index in [1.54, 1.807) is 23.2 Å². The van der Waals surface area contributed by atoms with Crippen LogP contribution >= 0.6 is 11.3 Å². The van der Waals surface area contributed by atoms with Crippen LogP contribution < -0.4 is 5.73 Å². The molecule has 21 heavy (non-hydrogen) atoms. The summed E-state index contributed by atoms with van der Waals surface area (Å²) in [7, 11) is 0. The fourth-order valence-electron chi connectivity index (χ4n) is 2.70. The predicted molar refractivity (Wildman–Crippen MR) is 80.1 cm³/mol. The van der Waals surface area contributed by atoms with Gasteiger partial charge in [0.05, 0.1) is 24.2 Å². The lowest BCUT2D eigenvalue weighted by atomic mass is 9.90. The van der Waals surface area contributed by atoms with E-state index in [1.165, 1.54) is 18.2 Å². The van der Waals surface area contributed by atoms with Gasteiger partial charge in [0.1, 0.15) is 11.6 Å². The van der Waals surface area contributed by atoms with Crippen molar-refractivity contribution in [3.05, 3.63) is 57.8 Å². The summed E-state index contributed by atoms with van der Waals surface area (Å²) < 4.78 is 28.3. The van der Waals surface area contributed by atoms with E-state index >= 15 is 0 Å². The zero-order valence-corrected chi connectivity index (χ0v) is 12.3. The van der Waals surface area contributed by atoms with E-state index in [4.69, 9.17) is 5.73 Å². The summed E-state index contributed by atoms with van der Waals surface area (Å²) in [6.45, 7) is 2.49. The van der Waals surface area contributed by atoms with Crippen LogP contribution in [-0.2, 0) is 12.1 Å². The van der Waals surface area contributed by atoms with E-state index < -0.39 is 17.2 Å². The summed E-state index contributed by atoms with van der Waals surface area (Å²) in [6.07, 6.45) is 0. The molecule has 0 amide bonds. The van der Waals surface area contributed by atoms with E-state index in [-0.39, 0.29) is 12.1 Å². The molecule has 2 aromatic rings. The van der Waals surface area contributed by atoms with Crippen molar-refractivity contribution >= 4 is 17.3 Å². The molecule has 3 rings (SSSR count). The minimum atomic E-state index is -0.913. The van der Waals surface area contributed by atoms with Crippen LogP contribution in [0.15, 0.2) is 40.7 Å². The van der Waals surface area contributed by atoms with Gasteiger partial charge in [-0.25, -0.2) is 8.78 Å². The molecular formula is C15H15F2N3S. The van der Waals surface area contributed by atoms with Crippen molar-refractivity contribution in [1.29, 1.82) is 0 Å². The molecule has 110 valence electrons. The number of aliphatic imine (C=N–C) groups is 1. The van der Waals surface area contributed by atoms with Crippen molar-refractivity contribution in [2.45, 2.75) is 19.0 Å². The molecule has 0 aliphatic carbocycles. The van der Waals surface area contributed by atoms with Crippen LogP contribution in [0.25, 0.3) is 0 Å². The minimum absolute atomic E-state index is 0.0192. The Morgan fingerprint density at radius 3 is 2.62 bits per heavy atom. The van der Waals surface area contributed by atoms with E-state index in [2.05, 4.69) is 4.99 Å². The molecule has 0 saturated carbocycles. The Labute approximate surface area is 125 Å². The molecule has 1 aromatic carbocycles. The number of hydrogen-bond acceptors (Lipinski definition) is 4. The zero-order valence-electron chi connectivity index (χ0n) is 11.5. The van der Waals surface area contributed by atoms with Gasteiger partial charge in [0.25, 0.3) is 0 Å². The number of halogens is 2. The molecule has 1 atom stereocenters. The number of nitrogens with zero attached hydrogens (tertiary/aromatic N) is 2. The van der Waals surface area contributed by atoms with Crippen LogP contribution in [0.4, 0.5) is 8.78 Å². The summed E-state index contributed by atoms with van der Waals surface area (Å²) in [5, 5.41) is 1.96. The van der Waals surface area contributed by atoms with Gasteiger partial charge in [0.2, 0.25) is 0 Å². The van der Waals surface area contributed by atoms with Crippen molar-refractivity contribution < 1.29 is 8.78 Å². The molecule has 0 bridgehead atoms. The minimum Gasteiger partial charge on any atom is -0.370 e. The van der Waals surface area contributed by atoms with Gasteiger partial charge in [0, 0.05) is 4.88 Å². The Kier molecular flexibility index (Phi) is 3.41. The van der Waals surface area contributed by atoms with Crippen LogP contribution in [-0.4, -0.2) is 17.4 Å². The van der Waals surface area contributed by atoms with Crippen LogP contribution in [0.3, 0.4) is 0 Å². The van der Waals surface area contributed by atoms with Crippen LogP contribution in [0.5, 0.6) is 0 Å². The van der Waals surface area contributed by atoms with Crippen molar-refractivity contribution in [3.8, 4) is 0 Å². The first-order chi connectivity index (χ1) is 10.0. The third-order valence-electron chi connectivity index (χ3n) is 3.82. The first kappa shape index (κ1) is 14.0. The molecule has 1 unspecified atom stereocenters. The number of hydrogen-bond donors (Lipinski definition) is 1. The lowest BCUT2D eigenvalue weighted by Gasteiger charge is -2.36. The monoisotopic (exact) mass is 307 g/mol. The van der Waals surface area contributed by atoms with Gasteiger partial charge < -0.3 is 10.6 Å². The van der Waals surface area contributed by atoms with Crippen molar-refractivity contribution in [3.63, 3.8) is 0 Å². The van der Waals surface area contributed by atoms with E-state index in [1.807, 2.05) is 17.5 Å². The fourth-order valence-corrected chi connectivity index (χ4v) is 3.39. The molecule has 1 aromatic heterocycles. The normalized spacial score (nSPS) is 21.7. The van der Waals surface area contributed by atoms with Gasteiger partial charge in [-0.3, -0.25) is 4.99 Å². The van der Waals surface area contributed by atoms with E-state index in [0.717, 1.165) is 4.88 Å². The summed E-state index contributed by atoms with van der Waals surface area (Å²) in [6, 6.07) is 7.79. The number of guanidine groups is 1. The SMILES string of the molecule is CC1(c2c(F)cccc2F)CN=C(N)N1Cc1cccs1. The summed E-state index contributed by atoms with van der Waals surface area (Å²) >= 11 is 1.58. The largest absolute Gasteiger partial charge is 0.370 e. The van der Waals surface area contributed by atoms with Gasteiger partial charge >= 0.3 is 0 Å². The molecule has 0 spiro atoms. The molecular weight excluding hydrogens is 292 g/mol. The molecule has 0 radical (unpaired) electrons. The quantitative estimate of drug-likeness (QED) is 0.947. The Balaban J connectivity index is 2.03. The number of thiophene rings is 1. The average molecular weight is 307 g/mol. The maximum Gasteiger partial charge on any atom is 0.192 e. The van der Waals surface area contributed by atoms with Crippen molar-refractivity contribution in [1.82, 2.24) is 4.90 Å². The highest BCUT2D eigenvalue weighted by atomic mass is 32.1. The Hall–Kier alpha value is -1.95. The average Bonchev–Trinajstić information content (AvgIpc) is 3.03. The number of benzene rings is 1. The summed E-state index contributed by atoms with van der Waals surface area (Å²) in [5.74, 6) is -0.828. The molecule has 0 fully saturated rings. The molecule has 1 aliphatic heterocycles. The highest BCUT2D eigenvalue weighted by Crippen LogP contribution is 2.37. The van der Waals surface area contributed by atoms with Crippen LogP contribution in [0.2, 0.25) is 0 Å². The van der Waals surface area contributed by atoms with Gasteiger partial charge in [-0.15, -0.1) is 11.3 Å². The van der Waals surface area contributed by atoms with Gasteiger partial charge in [-0.05, 0) is 30.5 Å². The third kappa shape index (κ3) is 2.29. The van der Waals surface area contributed by atoms with E-state index in [9.17, 15) is 8.78 Å². The second-order valence-corrected chi connectivity index (χ2v) is 6.24.